The van der Waals surface area contributed by atoms with E-state index in [0.717, 1.165) is 10.3 Å². The number of benzene rings is 2. The average molecular weight is 297 g/mol. The summed E-state index contributed by atoms with van der Waals surface area (Å²) in [5.41, 5.74) is 0.433. The van der Waals surface area contributed by atoms with E-state index in [1.165, 1.54) is 6.21 Å². The van der Waals surface area contributed by atoms with Crippen LogP contribution in [-0.2, 0) is 4.74 Å². The molecule has 2 rings (SSSR count). The molecular formula is C18H19NO3. The number of esters is 1. The summed E-state index contributed by atoms with van der Waals surface area (Å²) >= 11 is 0. The van der Waals surface area contributed by atoms with E-state index in [1.54, 1.807) is 38.1 Å². The van der Waals surface area contributed by atoms with Crippen LogP contribution < -0.4 is 0 Å². The van der Waals surface area contributed by atoms with Gasteiger partial charge in [-0.25, -0.2) is 9.53 Å². The maximum atomic E-state index is 12.3. The first-order valence-corrected chi connectivity index (χ1v) is 7.07. The minimum absolute atomic E-state index is 0.00750. The van der Waals surface area contributed by atoms with Gasteiger partial charge in [0.2, 0.25) is 5.54 Å². The number of hydrogen-bond donors (Lipinski definition) is 0. The number of ether oxygens (including phenoxy) is 1. The smallest absolute Gasteiger partial charge is 0.338 e. The van der Waals surface area contributed by atoms with E-state index < -0.39 is 11.5 Å². The number of rotatable bonds is 5. The first kappa shape index (κ1) is 15.8. The summed E-state index contributed by atoms with van der Waals surface area (Å²) in [5.74, 6) is -0.429. The Balaban J connectivity index is 2.01. The number of hydroxylamine groups is 1. The molecule has 0 fully saturated rings. The van der Waals surface area contributed by atoms with Gasteiger partial charge in [0, 0.05) is 19.4 Å². The Hall–Kier alpha value is -2.62. The van der Waals surface area contributed by atoms with Crippen LogP contribution in [0.5, 0.6) is 0 Å². The van der Waals surface area contributed by atoms with E-state index in [-0.39, 0.29) is 6.61 Å². The van der Waals surface area contributed by atoms with Crippen LogP contribution in [0.4, 0.5) is 0 Å². The molecule has 2 aromatic carbocycles. The fraction of sp³-hybridized carbons (Fsp3) is 0.222. The Bertz CT molecular complexity index is 649. The highest BCUT2D eigenvalue weighted by atomic mass is 16.5. The van der Waals surface area contributed by atoms with Gasteiger partial charge < -0.3 is 9.94 Å². The lowest BCUT2D eigenvalue weighted by atomic mass is 10.1. The lowest BCUT2D eigenvalue weighted by Crippen LogP contribution is -2.39. The van der Waals surface area contributed by atoms with Gasteiger partial charge in [0.1, 0.15) is 0 Å². The molecule has 2 aromatic rings. The van der Waals surface area contributed by atoms with Crippen molar-refractivity contribution in [2.45, 2.75) is 19.4 Å². The van der Waals surface area contributed by atoms with Gasteiger partial charge in [-0.15, -0.1) is 0 Å². The van der Waals surface area contributed by atoms with Gasteiger partial charge in [0.25, 0.3) is 0 Å². The Morgan fingerprint density at radius 1 is 1.09 bits per heavy atom. The zero-order chi connectivity index (χ0) is 16.0. The first-order chi connectivity index (χ1) is 10.5. The van der Waals surface area contributed by atoms with Gasteiger partial charge in [-0.05, 0) is 24.3 Å². The van der Waals surface area contributed by atoms with E-state index in [4.69, 9.17) is 4.74 Å². The molecule has 0 atom stereocenters. The summed E-state index contributed by atoms with van der Waals surface area (Å²) in [7, 11) is 0. The van der Waals surface area contributed by atoms with Crippen molar-refractivity contribution in [3.8, 4) is 0 Å². The van der Waals surface area contributed by atoms with Crippen molar-refractivity contribution in [3.05, 3.63) is 77.0 Å². The summed E-state index contributed by atoms with van der Waals surface area (Å²) in [6, 6.07) is 18.0. The zero-order valence-electron chi connectivity index (χ0n) is 12.7. The molecule has 4 heteroatoms. The highest BCUT2D eigenvalue weighted by Gasteiger charge is 2.28. The van der Waals surface area contributed by atoms with Gasteiger partial charge in [-0.3, -0.25) is 0 Å². The summed E-state index contributed by atoms with van der Waals surface area (Å²) in [5, 5.41) is 12.3. The van der Waals surface area contributed by atoms with Crippen LogP contribution in [0.3, 0.4) is 0 Å². The van der Waals surface area contributed by atoms with Crippen LogP contribution in [0, 0.1) is 5.21 Å². The van der Waals surface area contributed by atoms with Crippen molar-refractivity contribution in [2.75, 3.05) is 6.61 Å². The zero-order valence-corrected chi connectivity index (χ0v) is 12.7. The van der Waals surface area contributed by atoms with Crippen LogP contribution >= 0.6 is 0 Å². The average Bonchev–Trinajstić information content (AvgIpc) is 2.54. The molecule has 0 radical (unpaired) electrons. The van der Waals surface area contributed by atoms with Crippen molar-refractivity contribution >= 4 is 12.2 Å². The van der Waals surface area contributed by atoms with Crippen molar-refractivity contribution in [2.24, 2.45) is 0 Å². The normalized spacial score (nSPS) is 12.0. The molecule has 114 valence electrons. The van der Waals surface area contributed by atoms with Crippen LogP contribution in [0.2, 0.25) is 0 Å². The minimum Gasteiger partial charge on any atom is -0.623 e. The molecule has 0 aliphatic carbocycles. The predicted molar refractivity (Wildman–Crippen MR) is 86.0 cm³/mol. The Morgan fingerprint density at radius 2 is 1.64 bits per heavy atom. The fourth-order valence-electron chi connectivity index (χ4n) is 1.81. The highest BCUT2D eigenvalue weighted by molar-refractivity contribution is 5.89. The number of nitrogens with zero attached hydrogens (tertiary/aromatic N) is 1. The van der Waals surface area contributed by atoms with Crippen LogP contribution in [0.15, 0.2) is 60.7 Å². The fourth-order valence-corrected chi connectivity index (χ4v) is 1.81. The van der Waals surface area contributed by atoms with Crippen molar-refractivity contribution in [1.82, 2.24) is 0 Å². The van der Waals surface area contributed by atoms with Crippen LogP contribution in [0.25, 0.3) is 0 Å². The maximum Gasteiger partial charge on any atom is 0.338 e. The van der Waals surface area contributed by atoms with E-state index in [2.05, 4.69) is 0 Å². The Kier molecular flexibility index (Phi) is 4.94. The molecule has 0 saturated heterocycles. The quantitative estimate of drug-likeness (QED) is 0.280. The van der Waals surface area contributed by atoms with Crippen molar-refractivity contribution < 1.29 is 14.3 Å². The van der Waals surface area contributed by atoms with E-state index in [0.29, 0.717) is 5.56 Å². The number of carbonyl (C=O) groups excluding carboxylic acids is 1. The highest BCUT2D eigenvalue weighted by Crippen LogP contribution is 2.11. The SMILES string of the molecule is CC(C)(COC(=O)c1ccccc1)[N+]([O-])=Cc1ccccc1. The summed E-state index contributed by atoms with van der Waals surface area (Å²) in [6.45, 7) is 3.48. The standard InChI is InChI=1S/C18H19NO3/c1-18(2,19(21)13-15-9-5-3-6-10-15)14-22-17(20)16-11-7-4-8-12-16/h3-13H,14H2,1-2H3. The Labute approximate surface area is 130 Å². The molecular weight excluding hydrogens is 278 g/mol. The Morgan fingerprint density at radius 3 is 2.23 bits per heavy atom. The molecule has 0 saturated carbocycles. The van der Waals surface area contributed by atoms with Gasteiger partial charge in [-0.1, -0.05) is 36.4 Å². The topological polar surface area (TPSA) is 52.4 Å². The number of carbonyl (C=O) groups is 1. The molecule has 22 heavy (non-hydrogen) atoms. The van der Waals surface area contributed by atoms with Gasteiger partial charge in [-0.2, -0.15) is 0 Å². The van der Waals surface area contributed by atoms with Crippen molar-refractivity contribution in [3.63, 3.8) is 0 Å². The molecule has 0 spiro atoms. The van der Waals surface area contributed by atoms with Crippen LogP contribution in [-0.4, -0.2) is 29.1 Å². The van der Waals surface area contributed by atoms with E-state index in [9.17, 15) is 10.0 Å². The summed E-state index contributed by atoms with van der Waals surface area (Å²) < 4.78 is 6.07. The monoisotopic (exact) mass is 297 g/mol. The second-order valence-corrected chi connectivity index (χ2v) is 5.62. The molecule has 4 nitrogen and oxygen atoms in total. The molecule has 0 aliphatic heterocycles. The van der Waals surface area contributed by atoms with Gasteiger partial charge in [0.15, 0.2) is 12.8 Å². The first-order valence-electron chi connectivity index (χ1n) is 7.07. The molecule has 0 N–H and O–H groups in total. The third-order valence-corrected chi connectivity index (χ3v) is 3.23. The maximum absolute atomic E-state index is 12.3. The molecule has 0 amide bonds. The third kappa shape index (κ3) is 4.19. The molecule has 0 bridgehead atoms. The molecule has 0 aliphatic rings. The number of hydrogen-bond acceptors (Lipinski definition) is 3. The predicted octanol–water partition coefficient (Wildman–Crippen LogP) is 3.25. The van der Waals surface area contributed by atoms with E-state index in [1.807, 2.05) is 36.4 Å². The largest absolute Gasteiger partial charge is 0.623 e. The van der Waals surface area contributed by atoms with Gasteiger partial charge in [0.05, 0.1) is 5.56 Å². The summed E-state index contributed by atoms with van der Waals surface area (Å²) in [6.07, 6.45) is 1.50. The van der Waals surface area contributed by atoms with Crippen molar-refractivity contribution in [1.29, 1.82) is 0 Å². The minimum atomic E-state index is -0.847. The molecule has 0 aromatic heterocycles. The van der Waals surface area contributed by atoms with Crippen LogP contribution in [0.1, 0.15) is 29.8 Å². The summed E-state index contributed by atoms with van der Waals surface area (Å²) in [4.78, 5) is 11.9. The van der Waals surface area contributed by atoms with Gasteiger partial charge >= 0.3 is 5.97 Å². The van der Waals surface area contributed by atoms with E-state index >= 15 is 0 Å². The second-order valence-electron chi connectivity index (χ2n) is 5.62. The third-order valence-electron chi connectivity index (χ3n) is 3.23. The molecule has 0 heterocycles. The lowest BCUT2D eigenvalue weighted by Gasteiger charge is -2.23. The molecule has 0 unspecified atom stereocenters. The lowest BCUT2D eigenvalue weighted by molar-refractivity contribution is -0.539. The second kappa shape index (κ2) is 6.89.